The first-order chi connectivity index (χ1) is 12.2. The van der Waals surface area contributed by atoms with E-state index in [9.17, 15) is 9.90 Å². The fourth-order valence-electron chi connectivity index (χ4n) is 3.10. The Hall–Kier alpha value is -2.81. The maximum atomic E-state index is 11.6. The lowest BCUT2D eigenvalue weighted by atomic mass is 9.92. The number of fused-ring (bicyclic) bond motifs is 1. The number of carbonyl (C=O) groups is 1. The molecule has 0 bridgehead atoms. The normalized spacial score (nSPS) is 10.8. The van der Waals surface area contributed by atoms with Crippen molar-refractivity contribution in [3.05, 3.63) is 66.2 Å². The number of carbonyl (C=O) groups excluding carboxylic acids is 1. The average Bonchev–Trinajstić information content (AvgIpc) is 2.62. The van der Waals surface area contributed by atoms with Gasteiger partial charge in [0.05, 0.1) is 6.61 Å². The van der Waals surface area contributed by atoms with Crippen molar-refractivity contribution in [2.24, 2.45) is 0 Å². The smallest absolute Gasteiger partial charge is 0.305 e. The third-order valence-corrected chi connectivity index (χ3v) is 4.30. The first-order valence-electron chi connectivity index (χ1n) is 8.64. The van der Waals surface area contributed by atoms with E-state index in [1.807, 2.05) is 37.3 Å². The molecular formula is C22H22O3. The van der Waals surface area contributed by atoms with Crippen LogP contribution in [0.15, 0.2) is 60.7 Å². The number of para-hydroxylation sites is 1. The van der Waals surface area contributed by atoms with Gasteiger partial charge < -0.3 is 9.84 Å². The van der Waals surface area contributed by atoms with E-state index < -0.39 is 0 Å². The van der Waals surface area contributed by atoms with Crippen LogP contribution in [0.5, 0.6) is 5.75 Å². The number of phenols is 1. The predicted molar refractivity (Wildman–Crippen MR) is 101 cm³/mol. The SMILES string of the molecule is CCOC(=O)CCCc1cc2ccccc2cc1-c1ccccc1O. The van der Waals surface area contributed by atoms with E-state index in [4.69, 9.17) is 4.74 Å². The van der Waals surface area contributed by atoms with E-state index in [0.29, 0.717) is 13.0 Å². The Morgan fingerprint density at radius 1 is 0.960 bits per heavy atom. The molecule has 128 valence electrons. The van der Waals surface area contributed by atoms with Gasteiger partial charge in [0.15, 0.2) is 0 Å². The molecule has 0 radical (unpaired) electrons. The van der Waals surface area contributed by atoms with Gasteiger partial charge in [-0.1, -0.05) is 48.5 Å². The van der Waals surface area contributed by atoms with Crippen LogP contribution in [0.1, 0.15) is 25.3 Å². The minimum Gasteiger partial charge on any atom is -0.507 e. The maximum Gasteiger partial charge on any atom is 0.305 e. The molecule has 0 amide bonds. The third kappa shape index (κ3) is 4.00. The van der Waals surface area contributed by atoms with Crippen molar-refractivity contribution >= 4 is 16.7 Å². The number of aromatic hydroxyl groups is 1. The molecule has 0 aromatic heterocycles. The lowest BCUT2D eigenvalue weighted by Crippen LogP contribution is -2.04. The second-order valence-electron chi connectivity index (χ2n) is 6.03. The molecule has 0 unspecified atom stereocenters. The van der Waals surface area contributed by atoms with E-state index in [1.165, 1.54) is 0 Å². The van der Waals surface area contributed by atoms with Crippen molar-refractivity contribution in [2.45, 2.75) is 26.2 Å². The molecule has 25 heavy (non-hydrogen) atoms. The minimum absolute atomic E-state index is 0.160. The molecule has 0 spiro atoms. The molecule has 3 aromatic rings. The molecule has 0 atom stereocenters. The molecule has 1 N–H and O–H groups in total. The van der Waals surface area contributed by atoms with E-state index >= 15 is 0 Å². The van der Waals surface area contributed by atoms with Gasteiger partial charge in [-0.2, -0.15) is 0 Å². The van der Waals surface area contributed by atoms with Crippen LogP contribution in [0.25, 0.3) is 21.9 Å². The van der Waals surface area contributed by atoms with Gasteiger partial charge in [0, 0.05) is 12.0 Å². The quantitative estimate of drug-likeness (QED) is 0.638. The number of hydrogen-bond donors (Lipinski definition) is 1. The number of rotatable bonds is 6. The van der Waals surface area contributed by atoms with Crippen molar-refractivity contribution in [3.8, 4) is 16.9 Å². The van der Waals surface area contributed by atoms with Crippen LogP contribution in [0.2, 0.25) is 0 Å². The maximum absolute atomic E-state index is 11.6. The Labute approximate surface area is 147 Å². The molecule has 0 aliphatic carbocycles. The van der Waals surface area contributed by atoms with Gasteiger partial charge in [-0.3, -0.25) is 4.79 Å². The zero-order valence-corrected chi connectivity index (χ0v) is 14.4. The Balaban J connectivity index is 1.96. The van der Waals surface area contributed by atoms with Crippen LogP contribution in [0, 0.1) is 0 Å². The molecule has 0 saturated heterocycles. The van der Waals surface area contributed by atoms with Crippen LogP contribution >= 0.6 is 0 Å². The Morgan fingerprint density at radius 2 is 1.64 bits per heavy atom. The van der Waals surface area contributed by atoms with Gasteiger partial charge in [-0.05, 0) is 53.8 Å². The van der Waals surface area contributed by atoms with Crippen LogP contribution in [-0.2, 0) is 16.0 Å². The van der Waals surface area contributed by atoms with E-state index in [0.717, 1.165) is 40.3 Å². The Morgan fingerprint density at radius 3 is 2.36 bits per heavy atom. The summed E-state index contributed by atoms with van der Waals surface area (Å²) in [6.07, 6.45) is 1.88. The first kappa shape index (κ1) is 17.0. The summed E-state index contributed by atoms with van der Waals surface area (Å²) in [5.74, 6) is 0.108. The van der Waals surface area contributed by atoms with Gasteiger partial charge in [0.25, 0.3) is 0 Å². The summed E-state index contributed by atoms with van der Waals surface area (Å²) in [5.41, 5.74) is 2.96. The molecule has 3 nitrogen and oxygen atoms in total. The molecule has 3 rings (SSSR count). The molecular weight excluding hydrogens is 312 g/mol. The molecule has 0 saturated carbocycles. The minimum atomic E-state index is -0.160. The number of benzene rings is 3. The van der Waals surface area contributed by atoms with Crippen molar-refractivity contribution < 1.29 is 14.6 Å². The highest BCUT2D eigenvalue weighted by Crippen LogP contribution is 2.35. The van der Waals surface area contributed by atoms with E-state index in [-0.39, 0.29) is 11.7 Å². The van der Waals surface area contributed by atoms with Crippen LogP contribution < -0.4 is 0 Å². The first-order valence-corrected chi connectivity index (χ1v) is 8.64. The van der Waals surface area contributed by atoms with E-state index in [1.54, 1.807) is 6.07 Å². The van der Waals surface area contributed by atoms with Gasteiger partial charge in [0.2, 0.25) is 0 Å². The highest BCUT2D eigenvalue weighted by Gasteiger charge is 2.11. The topological polar surface area (TPSA) is 46.5 Å². The second-order valence-corrected chi connectivity index (χ2v) is 6.03. The van der Waals surface area contributed by atoms with Gasteiger partial charge in [-0.25, -0.2) is 0 Å². The number of esters is 1. The Bertz CT molecular complexity index is 883. The highest BCUT2D eigenvalue weighted by molar-refractivity contribution is 5.90. The average molecular weight is 334 g/mol. The summed E-state index contributed by atoms with van der Waals surface area (Å²) in [4.78, 5) is 11.6. The summed E-state index contributed by atoms with van der Waals surface area (Å²) in [7, 11) is 0. The van der Waals surface area contributed by atoms with Gasteiger partial charge in [0.1, 0.15) is 5.75 Å². The van der Waals surface area contributed by atoms with Gasteiger partial charge in [-0.15, -0.1) is 0 Å². The summed E-state index contributed by atoms with van der Waals surface area (Å²) in [5, 5.41) is 12.6. The van der Waals surface area contributed by atoms with Crippen LogP contribution in [-0.4, -0.2) is 17.7 Å². The second kappa shape index (κ2) is 7.84. The standard InChI is InChI=1S/C22H22O3/c1-2-25-22(24)13-7-10-18-14-16-8-3-4-9-17(16)15-20(18)19-11-5-6-12-21(19)23/h3-6,8-9,11-12,14-15,23H,2,7,10,13H2,1H3. The number of ether oxygens (including phenoxy) is 1. The van der Waals surface area contributed by atoms with Crippen LogP contribution in [0.3, 0.4) is 0 Å². The molecule has 0 aliphatic heterocycles. The summed E-state index contributed by atoms with van der Waals surface area (Å²) in [6.45, 7) is 2.23. The monoisotopic (exact) mass is 334 g/mol. The molecule has 3 aromatic carbocycles. The van der Waals surface area contributed by atoms with Crippen molar-refractivity contribution in [2.75, 3.05) is 6.61 Å². The molecule has 3 heteroatoms. The number of hydrogen-bond acceptors (Lipinski definition) is 3. The van der Waals surface area contributed by atoms with Crippen LogP contribution in [0.4, 0.5) is 0 Å². The fourth-order valence-corrected chi connectivity index (χ4v) is 3.10. The van der Waals surface area contributed by atoms with Gasteiger partial charge >= 0.3 is 5.97 Å². The molecule has 0 fully saturated rings. The zero-order chi connectivity index (χ0) is 17.6. The molecule has 0 aliphatic rings. The summed E-state index contributed by atoms with van der Waals surface area (Å²) < 4.78 is 5.01. The number of aryl methyl sites for hydroxylation is 1. The summed E-state index contributed by atoms with van der Waals surface area (Å²) in [6, 6.07) is 19.8. The lowest BCUT2D eigenvalue weighted by Gasteiger charge is -2.13. The fraction of sp³-hybridized carbons (Fsp3) is 0.227. The third-order valence-electron chi connectivity index (χ3n) is 4.30. The Kier molecular flexibility index (Phi) is 5.34. The molecule has 0 heterocycles. The van der Waals surface area contributed by atoms with Crippen molar-refractivity contribution in [1.29, 1.82) is 0 Å². The zero-order valence-electron chi connectivity index (χ0n) is 14.4. The van der Waals surface area contributed by atoms with E-state index in [2.05, 4.69) is 24.3 Å². The highest BCUT2D eigenvalue weighted by atomic mass is 16.5. The number of phenolic OH excluding ortho intramolecular Hbond substituents is 1. The van der Waals surface area contributed by atoms with Crippen molar-refractivity contribution in [1.82, 2.24) is 0 Å². The van der Waals surface area contributed by atoms with Crippen molar-refractivity contribution in [3.63, 3.8) is 0 Å². The predicted octanol–water partition coefficient (Wildman–Crippen LogP) is 5.10. The summed E-state index contributed by atoms with van der Waals surface area (Å²) >= 11 is 0. The largest absolute Gasteiger partial charge is 0.507 e. The lowest BCUT2D eigenvalue weighted by molar-refractivity contribution is -0.143.